The second-order valence-corrected chi connectivity index (χ2v) is 6.53. The summed E-state index contributed by atoms with van der Waals surface area (Å²) in [4.78, 5) is 12.0. The van der Waals surface area contributed by atoms with Crippen LogP contribution in [0.2, 0.25) is 5.02 Å². The van der Waals surface area contributed by atoms with Crippen LogP contribution in [0.25, 0.3) is 0 Å². The minimum Gasteiger partial charge on any atom is -0.493 e. The lowest BCUT2D eigenvalue weighted by Crippen LogP contribution is -2.28. The number of hydrogen-bond donors (Lipinski definition) is 2. The van der Waals surface area contributed by atoms with E-state index in [1.165, 1.54) is 0 Å². The van der Waals surface area contributed by atoms with Gasteiger partial charge in [-0.25, -0.2) is 4.79 Å². The van der Waals surface area contributed by atoms with E-state index in [9.17, 15) is 4.79 Å². The highest BCUT2D eigenvalue weighted by Gasteiger charge is 2.16. The van der Waals surface area contributed by atoms with Crippen molar-refractivity contribution in [3.8, 4) is 17.2 Å². The van der Waals surface area contributed by atoms with E-state index >= 15 is 0 Å². The fourth-order valence-corrected chi connectivity index (χ4v) is 3.01. The molecule has 0 radical (unpaired) electrons. The van der Waals surface area contributed by atoms with Crippen molar-refractivity contribution in [1.29, 1.82) is 0 Å². The number of methoxy groups -OCH3 is 3. The van der Waals surface area contributed by atoms with E-state index in [1.807, 2.05) is 6.07 Å². The Labute approximate surface area is 180 Å². The van der Waals surface area contributed by atoms with Crippen LogP contribution in [0.3, 0.4) is 0 Å². The predicted molar refractivity (Wildman–Crippen MR) is 117 cm³/mol. The highest BCUT2D eigenvalue weighted by Crippen LogP contribution is 2.39. The van der Waals surface area contributed by atoms with Gasteiger partial charge in [-0.2, -0.15) is 0 Å². The minimum absolute atomic E-state index is 0.264. The molecule has 0 aromatic heterocycles. The van der Waals surface area contributed by atoms with Gasteiger partial charge in [0.25, 0.3) is 0 Å². The van der Waals surface area contributed by atoms with Crippen molar-refractivity contribution in [1.82, 2.24) is 5.32 Å². The molecule has 0 heterocycles. The smallest absolute Gasteiger partial charge is 0.339 e. The number of thiocarbonyl (C=S) groups is 1. The molecule has 2 rings (SSSR count). The number of rotatable bonds is 8. The SMILES string of the molecule is CCOC(=O)c1cc(NC(=S)NCc2ccc(OC)c(OC)c2OC)ccc1Cl. The zero-order valence-corrected chi connectivity index (χ0v) is 18.2. The number of carbonyl (C=O) groups is 1. The lowest BCUT2D eigenvalue weighted by Gasteiger charge is -2.17. The third-order valence-electron chi connectivity index (χ3n) is 3.94. The average Bonchev–Trinajstić information content (AvgIpc) is 2.72. The lowest BCUT2D eigenvalue weighted by atomic mass is 10.1. The van der Waals surface area contributed by atoms with Crippen molar-refractivity contribution in [2.24, 2.45) is 0 Å². The standard InChI is InChI=1S/C20H23ClN2O5S/c1-5-28-19(24)14-10-13(7-8-15(14)21)23-20(29)22-11-12-6-9-16(25-2)18(27-4)17(12)26-3/h6-10H,5,11H2,1-4H3,(H2,22,23,29). The summed E-state index contributed by atoms with van der Waals surface area (Å²) in [6, 6.07) is 8.56. The second-order valence-electron chi connectivity index (χ2n) is 5.72. The van der Waals surface area contributed by atoms with Gasteiger partial charge in [0.2, 0.25) is 5.75 Å². The summed E-state index contributed by atoms with van der Waals surface area (Å²) < 4.78 is 21.1. The molecule has 0 unspecified atom stereocenters. The number of benzene rings is 2. The van der Waals surface area contributed by atoms with E-state index in [0.29, 0.717) is 39.6 Å². The van der Waals surface area contributed by atoms with Gasteiger partial charge in [0, 0.05) is 17.8 Å². The molecule has 0 amide bonds. The van der Waals surface area contributed by atoms with Gasteiger partial charge < -0.3 is 29.6 Å². The summed E-state index contributed by atoms with van der Waals surface area (Å²) in [7, 11) is 4.67. The molecule has 0 saturated heterocycles. The van der Waals surface area contributed by atoms with Gasteiger partial charge in [0.15, 0.2) is 16.6 Å². The molecule has 0 fully saturated rings. The molecule has 0 atom stereocenters. The number of nitrogens with one attached hydrogen (secondary N) is 2. The Morgan fingerprint density at radius 1 is 1.07 bits per heavy atom. The number of halogens is 1. The lowest BCUT2D eigenvalue weighted by molar-refractivity contribution is 0.0526. The molecular weight excluding hydrogens is 416 g/mol. The first kappa shape index (κ1) is 22.6. The van der Waals surface area contributed by atoms with Crippen molar-refractivity contribution in [3.05, 3.63) is 46.5 Å². The Balaban J connectivity index is 2.09. The van der Waals surface area contributed by atoms with Gasteiger partial charge in [-0.3, -0.25) is 0 Å². The van der Waals surface area contributed by atoms with Crippen LogP contribution in [0.4, 0.5) is 5.69 Å². The van der Waals surface area contributed by atoms with Gasteiger partial charge in [0.1, 0.15) is 0 Å². The van der Waals surface area contributed by atoms with E-state index < -0.39 is 5.97 Å². The van der Waals surface area contributed by atoms with Gasteiger partial charge in [-0.05, 0) is 49.5 Å². The van der Waals surface area contributed by atoms with Gasteiger partial charge >= 0.3 is 5.97 Å². The first-order valence-corrected chi connectivity index (χ1v) is 9.53. The quantitative estimate of drug-likeness (QED) is 0.472. The zero-order valence-electron chi connectivity index (χ0n) is 16.6. The summed E-state index contributed by atoms with van der Waals surface area (Å²) in [6.45, 7) is 2.38. The largest absolute Gasteiger partial charge is 0.493 e. The van der Waals surface area contributed by atoms with Crippen molar-refractivity contribution >= 4 is 40.6 Å². The van der Waals surface area contributed by atoms with Crippen molar-refractivity contribution < 1.29 is 23.7 Å². The molecule has 0 saturated carbocycles. The Bertz CT molecular complexity index is 891. The Kier molecular flexibility index (Phi) is 8.35. The van der Waals surface area contributed by atoms with E-state index in [-0.39, 0.29) is 12.2 Å². The van der Waals surface area contributed by atoms with E-state index in [0.717, 1.165) is 5.56 Å². The van der Waals surface area contributed by atoms with Crippen LogP contribution in [0.15, 0.2) is 30.3 Å². The molecule has 156 valence electrons. The van der Waals surface area contributed by atoms with Crippen LogP contribution >= 0.6 is 23.8 Å². The summed E-state index contributed by atoms with van der Waals surface area (Å²) in [5.74, 6) is 1.14. The molecule has 9 heteroatoms. The van der Waals surface area contributed by atoms with E-state index in [1.54, 1.807) is 52.5 Å². The highest BCUT2D eigenvalue weighted by molar-refractivity contribution is 7.80. The predicted octanol–water partition coefficient (Wildman–Crippen LogP) is 4.03. The summed E-state index contributed by atoms with van der Waals surface area (Å²) in [5, 5.41) is 6.79. The molecule has 2 N–H and O–H groups in total. The topological polar surface area (TPSA) is 78.1 Å². The molecule has 0 aliphatic carbocycles. The number of ether oxygens (including phenoxy) is 4. The highest BCUT2D eigenvalue weighted by atomic mass is 35.5. The monoisotopic (exact) mass is 438 g/mol. The maximum Gasteiger partial charge on any atom is 0.339 e. The van der Waals surface area contributed by atoms with Crippen LogP contribution in [0, 0.1) is 0 Å². The van der Waals surface area contributed by atoms with Gasteiger partial charge in [-0.15, -0.1) is 0 Å². The summed E-state index contributed by atoms with van der Waals surface area (Å²) >= 11 is 11.4. The third kappa shape index (κ3) is 5.65. The Hall–Kier alpha value is -2.71. The second kappa shape index (κ2) is 10.7. The number of hydrogen-bond acceptors (Lipinski definition) is 6. The first-order chi connectivity index (χ1) is 13.9. The van der Waals surface area contributed by atoms with Gasteiger partial charge in [-0.1, -0.05) is 11.6 Å². The molecule has 0 spiro atoms. The molecule has 0 aliphatic rings. The summed E-state index contributed by atoms with van der Waals surface area (Å²) in [5.41, 5.74) is 1.70. The van der Waals surface area contributed by atoms with E-state index in [2.05, 4.69) is 10.6 Å². The fraction of sp³-hybridized carbons (Fsp3) is 0.300. The Morgan fingerprint density at radius 2 is 1.79 bits per heavy atom. The molecule has 2 aromatic rings. The van der Waals surface area contributed by atoms with Crippen LogP contribution < -0.4 is 24.8 Å². The molecule has 29 heavy (non-hydrogen) atoms. The fourth-order valence-electron chi connectivity index (χ4n) is 2.62. The number of esters is 1. The van der Waals surface area contributed by atoms with Crippen LogP contribution in [-0.4, -0.2) is 39.0 Å². The minimum atomic E-state index is -0.491. The normalized spacial score (nSPS) is 10.1. The molecule has 0 aliphatic heterocycles. The average molecular weight is 439 g/mol. The van der Waals surface area contributed by atoms with Crippen LogP contribution in [0.5, 0.6) is 17.2 Å². The van der Waals surface area contributed by atoms with Crippen molar-refractivity contribution in [2.75, 3.05) is 33.3 Å². The third-order valence-corrected chi connectivity index (χ3v) is 4.52. The maximum atomic E-state index is 12.0. The van der Waals surface area contributed by atoms with Crippen molar-refractivity contribution in [3.63, 3.8) is 0 Å². The van der Waals surface area contributed by atoms with Crippen molar-refractivity contribution in [2.45, 2.75) is 13.5 Å². The van der Waals surface area contributed by atoms with Crippen LogP contribution in [0.1, 0.15) is 22.8 Å². The van der Waals surface area contributed by atoms with E-state index in [4.69, 9.17) is 42.8 Å². The zero-order chi connectivity index (χ0) is 21.4. The molecule has 7 nitrogen and oxygen atoms in total. The molecular formula is C20H23ClN2O5S. The number of anilines is 1. The number of carbonyl (C=O) groups excluding carboxylic acids is 1. The summed E-state index contributed by atoms with van der Waals surface area (Å²) in [6.07, 6.45) is 0. The molecule has 0 bridgehead atoms. The molecule has 2 aromatic carbocycles. The van der Waals surface area contributed by atoms with Crippen LogP contribution in [-0.2, 0) is 11.3 Å². The first-order valence-electron chi connectivity index (χ1n) is 8.74. The Morgan fingerprint density at radius 3 is 2.41 bits per heavy atom. The maximum absolute atomic E-state index is 12.0. The van der Waals surface area contributed by atoms with Gasteiger partial charge in [0.05, 0.1) is 38.5 Å².